The van der Waals surface area contributed by atoms with E-state index in [4.69, 9.17) is 10.5 Å². The molecule has 1 rings (SSSR count). The smallest absolute Gasteiger partial charge is 0.217 e. The van der Waals surface area contributed by atoms with Gasteiger partial charge in [-0.1, -0.05) is 13.3 Å². The van der Waals surface area contributed by atoms with Crippen LogP contribution in [0.5, 0.6) is 5.88 Å². The maximum absolute atomic E-state index is 10.4. The summed E-state index contributed by atoms with van der Waals surface area (Å²) in [6.45, 7) is 4.43. The molecule has 5 heteroatoms. The average Bonchev–Trinajstić information content (AvgIpc) is 2.59. The largest absolute Gasteiger partial charge is 0.481 e. The number of methoxy groups -OCH3 is 1. The molecule has 0 bridgehead atoms. The molecule has 0 aromatic carbocycles. The van der Waals surface area contributed by atoms with Crippen LogP contribution in [0.2, 0.25) is 0 Å². The summed E-state index contributed by atoms with van der Waals surface area (Å²) in [5, 5.41) is 14.7. The van der Waals surface area contributed by atoms with E-state index in [0.29, 0.717) is 12.4 Å². The Morgan fingerprint density at radius 3 is 2.65 bits per heavy atom. The molecule has 2 unspecified atom stereocenters. The minimum absolute atomic E-state index is 0.0526. The molecule has 0 fully saturated rings. The molecule has 0 aliphatic carbocycles. The molecule has 0 spiro atoms. The molecule has 0 radical (unpaired) electrons. The van der Waals surface area contributed by atoms with Gasteiger partial charge in [-0.25, -0.2) is 4.68 Å². The Bertz CT molecular complexity index is 363. The van der Waals surface area contributed by atoms with Crippen molar-refractivity contribution in [3.63, 3.8) is 0 Å². The molecule has 0 saturated heterocycles. The van der Waals surface area contributed by atoms with E-state index in [0.717, 1.165) is 24.1 Å². The molecule has 2 atom stereocenters. The Labute approximate surface area is 103 Å². The Hall–Kier alpha value is -1.07. The van der Waals surface area contributed by atoms with Crippen LogP contribution in [0.1, 0.15) is 37.1 Å². The zero-order chi connectivity index (χ0) is 13.0. The van der Waals surface area contributed by atoms with Crippen LogP contribution >= 0.6 is 0 Å². The van der Waals surface area contributed by atoms with Gasteiger partial charge in [0.2, 0.25) is 5.88 Å². The summed E-state index contributed by atoms with van der Waals surface area (Å²) in [7, 11) is 3.39. The maximum atomic E-state index is 10.4. The molecule has 0 aliphatic heterocycles. The fourth-order valence-corrected chi connectivity index (χ4v) is 2.25. The molecule has 0 aliphatic rings. The van der Waals surface area contributed by atoms with Crippen molar-refractivity contribution in [3.8, 4) is 5.88 Å². The molecule has 17 heavy (non-hydrogen) atoms. The van der Waals surface area contributed by atoms with Gasteiger partial charge in [-0.2, -0.15) is 5.10 Å². The van der Waals surface area contributed by atoms with E-state index in [1.54, 1.807) is 18.8 Å². The summed E-state index contributed by atoms with van der Waals surface area (Å²) >= 11 is 0. The highest BCUT2D eigenvalue weighted by Crippen LogP contribution is 2.33. The maximum Gasteiger partial charge on any atom is 0.217 e. The summed E-state index contributed by atoms with van der Waals surface area (Å²) in [5.74, 6) is 0.668. The third-order valence-corrected chi connectivity index (χ3v) is 3.11. The Balaban J connectivity index is 3.05. The molecule has 1 aromatic heterocycles. The third kappa shape index (κ3) is 2.79. The zero-order valence-electron chi connectivity index (χ0n) is 11.1. The molecule has 0 amide bonds. The number of hydrogen-bond acceptors (Lipinski definition) is 4. The van der Waals surface area contributed by atoms with E-state index in [-0.39, 0.29) is 5.92 Å². The van der Waals surface area contributed by atoms with Gasteiger partial charge in [0.05, 0.1) is 24.5 Å². The second kappa shape index (κ2) is 6.02. The van der Waals surface area contributed by atoms with Gasteiger partial charge in [0.15, 0.2) is 0 Å². The molecule has 3 N–H and O–H groups in total. The van der Waals surface area contributed by atoms with Crippen LogP contribution in [0.4, 0.5) is 0 Å². The lowest BCUT2D eigenvalue weighted by atomic mass is 9.92. The summed E-state index contributed by atoms with van der Waals surface area (Å²) < 4.78 is 6.94. The van der Waals surface area contributed by atoms with Crippen LogP contribution in [0, 0.1) is 12.8 Å². The van der Waals surface area contributed by atoms with Gasteiger partial charge in [0, 0.05) is 13.0 Å². The number of aliphatic hydroxyl groups is 1. The van der Waals surface area contributed by atoms with Gasteiger partial charge in [-0.05, 0) is 19.9 Å². The van der Waals surface area contributed by atoms with Crippen molar-refractivity contribution in [3.05, 3.63) is 11.3 Å². The minimum Gasteiger partial charge on any atom is -0.481 e. The highest BCUT2D eigenvalue weighted by Gasteiger charge is 2.27. The van der Waals surface area contributed by atoms with Crippen molar-refractivity contribution in [2.75, 3.05) is 13.7 Å². The number of aromatic nitrogens is 2. The predicted octanol–water partition coefficient (Wildman–Crippen LogP) is 1.15. The number of nitrogens with zero attached hydrogens (tertiary/aromatic N) is 2. The van der Waals surface area contributed by atoms with Gasteiger partial charge in [-0.3, -0.25) is 0 Å². The van der Waals surface area contributed by atoms with Gasteiger partial charge in [0.25, 0.3) is 0 Å². The number of ether oxygens (including phenoxy) is 1. The van der Waals surface area contributed by atoms with Crippen molar-refractivity contribution in [2.24, 2.45) is 18.7 Å². The molecular weight excluding hydrogens is 218 g/mol. The highest BCUT2D eigenvalue weighted by atomic mass is 16.5. The summed E-state index contributed by atoms with van der Waals surface area (Å²) in [4.78, 5) is 0. The lowest BCUT2D eigenvalue weighted by molar-refractivity contribution is 0.103. The van der Waals surface area contributed by atoms with E-state index >= 15 is 0 Å². The fraction of sp³-hybridized carbons (Fsp3) is 0.750. The van der Waals surface area contributed by atoms with Crippen LogP contribution < -0.4 is 10.5 Å². The number of rotatable bonds is 6. The van der Waals surface area contributed by atoms with Crippen LogP contribution in [0.15, 0.2) is 0 Å². The third-order valence-electron chi connectivity index (χ3n) is 3.11. The topological polar surface area (TPSA) is 73.3 Å². The van der Waals surface area contributed by atoms with Crippen LogP contribution in [0.3, 0.4) is 0 Å². The first kappa shape index (κ1) is 14.0. The van der Waals surface area contributed by atoms with Crippen molar-refractivity contribution < 1.29 is 9.84 Å². The highest BCUT2D eigenvalue weighted by molar-refractivity contribution is 5.33. The second-order valence-electron chi connectivity index (χ2n) is 4.36. The van der Waals surface area contributed by atoms with Crippen molar-refractivity contribution in [1.82, 2.24) is 9.78 Å². The van der Waals surface area contributed by atoms with Crippen molar-refractivity contribution in [1.29, 1.82) is 0 Å². The number of nitrogens with two attached hydrogens (primary N) is 1. The average molecular weight is 241 g/mol. The van der Waals surface area contributed by atoms with Crippen molar-refractivity contribution in [2.45, 2.75) is 32.8 Å². The molecule has 1 aromatic rings. The summed E-state index contributed by atoms with van der Waals surface area (Å²) in [6.07, 6.45) is 1.29. The Morgan fingerprint density at radius 2 is 2.18 bits per heavy atom. The minimum atomic E-state index is -0.608. The van der Waals surface area contributed by atoms with Crippen molar-refractivity contribution >= 4 is 0 Å². The van der Waals surface area contributed by atoms with Crippen LogP contribution in [-0.2, 0) is 7.05 Å². The number of hydrogen-bond donors (Lipinski definition) is 2. The second-order valence-corrected chi connectivity index (χ2v) is 4.36. The molecule has 0 saturated carbocycles. The number of aryl methyl sites for hydroxylation is 2. The lowest BCUT2D eigenvalue weighted by Crippen LogP contribution is -2.22. The molecular formula is C12H23N3O2. The zero-order valence-corrected chi connectivity index (χ0v) is 11.1. The van der Waals surface area contributed by atoms with E-state index in [2.05, 4.69) is 12.0 Å². The monoisotopic (exact) mass is 241 g/mol. The van der Waals surface area contributed by atoms with Crippen LogP contribution in [0.25, 0.3) is 0 Å². The molecule has 5 nitrogen and oxygen atoms in total. The number of aliphatic hydroxyl groups excluding tert-OH is 1. The van der Waals surface area contributed by atoms with Crippen LogP contribution in [-0.4, -0.2) is 28.5 Å². The van der Waals surface area contributed by atoms with Gasteiger partial charge < -0.3 is 15.6 Å². The van der Waals surface area contributed by atoms with E-state index in [1.165, 1.54) is 0 Å². The first-order valence-corrected chi connectivity index (χ1v) is 6.02. The SMILES string of the molecule is CCCC(CN)C(O)c1c(C)nn(C)c1OC. The van der Waals surface area contributed by atoms with Gasteiger partial charge >= 0.3 is 0 Å². The van der Waals surface area contributed by atoms with E-state index in [1.807, 2.05) is 6.92 Å². The first-order valence-electron chi connectivity index (χ1n) is 6.02. The fourth-order valence-electron chi connectivity index (χ4n) is 2.25. The summed E-state index contributed by atoms with van der Waals surface area (Å²) in [5.41, 5.74) is 7.28. The van der Waals surface area contributed by atoms with E-state index < -0.39 is 6.10 Å². The normalized spacial score (nSPS) is 14.7. The standard InChI is InChI=1S/C12H23N3O2/c1-5-6-9(7-13)11(16)10-8(2)14-15(3)12(10)17-4/h9,11,16H,5-7,13H2,1-4H3. The Kier molecular flexibility index (Phi) is 4.96. The predicted molar refractivity (Wildman–Crippen MR) is 66.9 cm³/mol. The lowest BCUT2D eigenvalue weighted by Gasteiger charge is -2.21. The van der Waals surface area contributed by atoms with Gasteiger partial charge in [-0.15, -0.1) is 0 Å². The molecule has 98 valence electrons. The quantitative estimate of drug-likeness (QED) is 0.783. The summed E-state index contributed by atoms with van der Waals surface area (Å²) in [6, 6.07) is 0. The van der Waals surface area contributed by atoms with E-state index in [9.17, 15) is 5.11 Å². The molecule has 1 heterocycles. The Morgan fingerprint density at radius 1 is 1.53 bits per heavy atom. The van der Waals surface area contributed by atoms with Gasteiger partial charge in [0.1, 0.15) is 0 Å². The first-order chi connectivity index (χ1) is 8.06.